The summed E-state index contributed by atoms with van der Waals surface area (Å²) in [5.74, 6) is -1.18. The van der Waals surface area contributed by atoms with Gasteiger partial charge in [-0.1, -0.05) is 54.1 Å². The molecule has 0 aliphatic carbocycles. The van der Waals surface area contributed by atoms with Crippen LogP contribution in [0.15, 0.2) is 72.8 Å². The number of H-pyrrole nitrogens is 1. The Kier molecular flexibility index (Phi) is 7.40. The van der Waals surface area contributed by atoms with Crippen molar-refractivity contribution in [1.29, 1.82) is 0 Å². The van der Waals surface area contributed by atoms with E-state index in [4.69, 9.17) is 11.6 Å². The summed E-state index contributed by atoms with van der Waals surface area (Å²) in [5.41, 5.74) is 1.06. The van der Waals surface area contributed by atoms with Crippen molar-refractivity contribution in [2.24, 2.45) is 0 Å². The number of benzene rings is 3. The van der Waals surface area contributed by atoms with Gasteiger partial charge in [0.15, 0.2) is 0 Å². The average molecular weight is 507 g/mol. The first-order valence-electron chi connectivity index (χ1n) is 11.2. The maximum absolute atomic E-state index is 14.5. The lowest BCUT2D eigenvalue weighted by Crippen LogP contribution is -2.46. The van der Waals surface area contributed by atoms with E-state index in [-0.39, 0.29) is 18.3 Å². The molecule has 2 amide bonds. The Morgan fingerprint density at radius 2 is 1.78 bits per heavy atom. The van der Waals surface area contributed by atoms with Gasteiger partial charge in [-0.25, -0.2) is 4.39 Å². The average Bonchev–Trinajstić information content (AvgIpc) is 3.42. The lowest BCUT2D eigenvalue weighted by molar-refractivity contribution is -0.131. The normalized spacial score (nSPS) is 12.1. The molecule has 0 aliphatic heterocycles. The zero-order valence-electron chi connectivity index (χ0n) is 19.6. The summed E-state index contributed by atoms with van der Waals surface area (Å²) < 4.78 is 14.5. The second-order valence-corrected chi connectivity index (χ2v) is 9.19. The van der Waals surface area contributed by atoms with E-state index >= 15 is 0 Å². The zero-order chi connectivity index (χ0) is 25.7. The van der Waals surface area contributed by atoms with Crippen LogP contribution in [0.3, 0.4) is 0 Å². The summed E-state index contributed by atoms with van der Waals surface area (Å²) in [6.45, 7) is 3.58. The van der Waals surface area contributed by atoms with Gasteiger partial charge in [0.25, 0.3) is 0 Å². The van der Waals surface area contributed by atoms with Crippen molar-refractivity contribution in [2.75, 3.05) is 0 Å². The number of rotatable bonds is 8. The molecule has 10 heteroatoms. The largest absolute Gasteiger partial charge is 0.350 e. The fourth-order valence-corrected chi connectivity index (χ4v) is 3.77. The highest BCUT2D eigenvalue weighted by atomic mass is 35.5. The molecule has 0 bridgehead atoms. The molecule has 0 aliphatic rings. The summed E-state index contributed by atoms with van der Waals surface area (Å²) >= 11 is 5.93. The summed E-state index contributed by atoms with van der Waals surface area (Å²) in [7, 11) is 0. The minimum Gasteiger partial charge on any atom is -0.350 e. The minimum atomic E-state index is -1.19. The molecule has 4 rings (SSSR count). The zero-order valence-corrected chi connectivity index (χ0v) is 20.4. The third-order valence-electron chi connectivity index (χ3n) is 5.84. The molecule has 0 spiro atoms. The molecule has 0 saturated carbocycles. The molecule has 1 aromatic heterocycles. The molecule has 1 heterocycles. The van der Waals surface area contributed by atoms with Crippen molar-refractivity contribution in [2.45, 2.75) is 31.8 Å². The maximum Gasteiger partial charge on any atom is 0.247 e. The van der Waals surface area contributed by atoms with Crippen LogP contribution in [-0.2, 0) is 21.5 Å². The van der Waals surface area contributed by atoms with Gasteiger partial charge in [0.2, 0.25) is 17.6 Å². The van der Waals surface area contributed by atoms with Crippen LogP contribution in [0.25, 0.3) is 11.4 Å². The lowest BCUT2D eigenvalue weighted by Gasteiger charge is -2.28. The summed E-state index contributed by atoms with van der Waals surface area (Å²) in [6, 6.07) is 19.2. The van der Waals surface area contributed by atoms with Gasteiger partial charge in [-0.15, -0.1) is 10.2 Å². The standard InChI is InChI=1S/C26H24ClFN6O2/c1-26(2,19-12-18(13-21(28)14-19)23-31-33-34-32-23)25(36)30-22(17-6-4-3-5-7-17)24(35)29-15-16-8-10-20(27)11-9-16/h3-14,22H,15H2,1-2H3,(H,29,35)(H,30,36)(H,31,32,33,34). The predicted molar refractivity (Wildman–Crippen MR) is 133 cm³/mol. The molecular weight excluding hydrogens is 483 g/mol. The van der Waals surface area contributed by atoms with Gasteiger partial charge in [-0.2, -0.15) is 5.21 Å². The third-order valence-corrected chi connectivity index (χ3v) is 6.09. The molecule has 36 heavy (non-hydrogen) atoms. The monoisotopic (exact) mass is 506 g/mol. The fraction of sp³-hybridized carbons (Fsp3) is 0.192. The SMILES string of the molecule is CC(C)(C(=O)NC(C(=O)NCc1ccc(Cl)cc1)c1ccccc1)c1cc(F)cc(-c2nn[nH]n2)c1. The highest BCUT2D eigenvalue weighted by Gasteiger charge is 2.34. The Bertz CT molecular complexity index is 1340. The van der Waals surface area contributed by atoms with Crippen molar-refractivity contribution in [3.05, 3.63) is 100 Å². The van der Waals surface area contributed by atoms with Crippen LogP contribution in [0.1, 0.15) is 36.6 Å². The number of hydrogen-bond acceptors (Lipinski definition) is 5. The molecule has 4 aromatic rings. The lowest BCUT2D eigenvalue weighted by atomic mass is 9.82. The molecule has 8 nitrogen and oxygen atoms in total. The number of nitrogens with one attached hydrogen (secondary N) is 3. The highest BCUT2D eigenvalue weighted by Crippen LogP contribution is 2.29. The molecule has 3 aromatic carbocycles. The number of halogens is 2. The molecule has 184 valence electrons. The summed E-state index contributed by atoms with van der Waals surface area (Å²) in [4.78, 5) is 26.7. The van der Waals surface area contributed by atoms with Crippen LogP contribution in [0.5, 0.6) is 0 Å². The van der Waals surface area contributed by atoms with Crippen LogP contribution in [0, 0.1) is 5.82 Å². The van der Waals surface area contributed by atoms with Gasteiger partial charge in [0.05, 0.1) is 5.41 Å². The van der Waals surface area contributed by atoms with Crippen molar-refractivity contribution < 1.29 is 14.0 Å². The highest BCUT2D eigenvalue weighted by molar-refractivity contribution is 6.30. The van der Waals surface area contributed by atoms with Gasteiger partial charge in [-0.05, 0) is 66.1 Å². The molecule has 3 N–H and O–H groups in total. The Hall–Kier alpha value is -4.11. The van der Waals surface area contributed by atoms with Crippen molar-refractivity contribution in [1.82, 2.24) is 31.3 Å². The number of carbonyl (C=O) groups excluding carboxylic acids is 2. The number of tetrazole rings is 1. The van der Waals surface area contributed by atoms with Crippen molar-refractivity contribution in [3.63, 3.8) is 0 Å². The second kappa shape index (κ2) is 10.7. The van der Waals surface area contributed by atoms with E-state index in [1.807, 2.05) is 18.2 Å². The minimum absolute atomic E-state index is 0.204. The molecule has 1 atom stereocenters. The van der Waals surface area contributed by atoms with E-state index < -0.39 is 23.2 Å². The van der Waals surface area contributed by atoms with E-state index in [0.29, 0.717) is 21.7 Å². The molecular formula is C26H24ClFN6O2. The number of aromatic nitrogens is 4. The molecule has 0 saturated heterocycles. The topological polar surface area (TPSA) is 113 Å². The Morgan fingerprint density at radius 1 is 1.06 bits per heavy atom. The number of amides is 2. The van der Waals surface area contributed by atoms with E-state index in [2.05, 4.69) is 31.3 Å². The van der Waals surface area contributed by atoms with Crippen LogP contribution >= 0.6 is 11.6 Å². The first-order valence-corrected chi connectivity index (χ1v) is 11.5. The number of hydrogen-bond donors (Lipinski definition) is 3. The van der Waals surface area contributed by atoms with Crippen LogP contribution < -0.4 is 10.6 Å². The number of nitrogens with zero attached hydrogens (tertiary/aromatic N) is 3. The van der Waals surface area contributed by atoms with Gasteiger partial charge < -0.3 is 10.6 Å². The van der Waals surface area contributed by atoms with Crippen LogP contribution in [0.4, 0.5) is 4.39 Å². The van der Waals surface area contributed by atoms with Crippen molar-refractivity contribution >= 4 is 23.4 Å². The predicted octanol–water partition coefficient (Wildman–Crippen LogP) is 4.11. The molecule has 0 radical (unpaired) electrons. The second-order valence-electron chi connectivity index (χ2n) is 8.75. The molecule has 0 fully saturated rings. The van der Waals surface area contributed by atoms with Crippen LogP contribution in [0.2, 0.25) is 5.02 Å². The van der Waals surface area contributed by atoms with Gasteiger partial charge in [0, 0.05) is 17.1 Å². The molecule has 1 unspecified atom stereocenters. The first-order chi connectivity index (χ1) is 17.2. The third kappa shape index (κ3) is 5.75. The Morgan fingerprint density at radius 3 is 2.44 bits per heavy atom. The van der Waals surface area contributed by atoms with Crippen molar-refractivity contribution in [3.8, 4) is 11.4 Å². The van der Waals surface area contributed by atoms with Gasteiger partial charge in [-0.3, -0.25) is 9.59 Å². The van der Waals surface area contributed by atoms with Crippen LogP contribution in [-0.4, -0.2) is 32.4 Å². The van der Waals surface area contributed by atoms with Gasteiger partial charge >= 0.3 is 0 Å². The van der Waals surface area contributed by atoms with E-state index in [0.717, 1.165) is 5.56 Å². The summed E-state index contributed by atoms with van der Waals surface area (Å²) in [5, 5.41) is 19.9. The fourth-order valence-electron chi connectivity index (χ4n) is 3.65. The van der Waals surface area contributed by atoms with E-state index in [1.54, 1.807) is 56.3 Å². The smallest absolute Gasteiger partial charge is 0.247 e. The Labute approximate surface area is 212 Å². The van der Waals surface area contributed by atoms with E-state index in [9.17, 15) is 14.0 Å². The first kappa shape index (κ1) is 25.0. The quantitative estimate of drug-likeness (QED) is 0.333. The summed E-state index contributed by atoms with van der Waals surface area (Å²) in [6.07, 6.45) is 0. The number of carbonyl (C=O) groups is 2. The van der Waals surface area contributed by atoms with Gasteiger partial charge in [0.1, 0.15) is 11.9 Å². The maximum atomic E-state index is 14.5. The Balaban J connectivity index is 1.57. The van der Waals surface area contributed by atoms with E-state index in [1.165, 1.54) is 12.1 Å². The number of aromatic amines is 1.